The number of thiazole rings is 1. The molecule has 116 valence electrons. The molecule has 2 N–H and O–H groups in total. The van der Waals surface area contributed by atoms with E-state index in [0.717, 1.165) is 30.7 Å². The molecule has 0 unspecified atom stereocenters. The molecule has 0 aromatic carbocycles. The van der Waals surface area contributed by atoms with Crippen LogP contribution >= 0.6 is 11.3 Å². The van der Waals surface area contributed by atoms with Crippen LogP contribution in [0.4, 0.5) is 0 Å². The van der Waals surface area contributed by atoms with Crippen molar-refractivity contribution in [3.05, 3.63) is 15.6 Å². The minimum atomic E-state index is -0.806. The van der Waals surface area contributed by atoms with Crippen LogP contribution in [-0.2, 0) is 4.79 Å². The number of aryl methyl sites for hydroxylation is 2. The maximum atomic E-state index is 12.2. The smallest absolute Gasteiger partial charge is 0.311 e. The third kappa shape index (κ3) is 3.61. The summed E-state index contributed by atoms with van der Waals surface area (Å²) in [5.74, 6) is -0.995. The summed E-state index contributed by atoms with van der Waals surface area (Å²) >= 11 is 1.35. The Bertz CT molecular complexity index is 531. The van der Waals surface area contributed by atoms with E-state index in [4.69, 9.17) is 0 Å². The lowest BCUT2D eigenvalue weighted by molar-refractivity contribution is -0.149. The molecule has 0 spiro atoms. The molecule has 1 fully saturated rings. The van der Waals surface area contributed by atoms with E-state index in [2.05, 4.69) is 10.3 Å². The van der Waals surface area contributed by atoms with Crippen LogP contribution in [-0.4, -0.2) is 28.5 Å². The van der Waals surface area contributed by atoms with Gasteiger partial charge in [0.25, 0.3) is 5.91 Å². The second-order valence-electron chi connectivity index (χ2n) is 5.83. The summed E-state index contributed by atoms with van der Waals surface area (Å²) in [5, 5.41) is 13.3. The van der Waals surface area contributed by atoms with Crippen LogP contribution in [0.3, 0.4) is 0 Å². The Morgan fingerprint density at radius 1 is 1.24 bits per heavy atom. The molecule has 1 aromatic heterocycles. The molecule has 1 heterocycles. The third-order valence-corrected chi connectivity index (χ3v) is 5.28. The zero-order valence-corrected chi connectivity index (χ0v) is 13.4. The van der Waals surface area contributed by atoms with Crippen LogP contribution in [0.5, 0.6) is 0 Å². The van der Waals surface area contributed by atoms with Gasteiger partial charge in [0.1, 0.15) is 4.88 Å². The average Bonchev–Trinajstić information content (AvgIpc) is 2.65. The zero-order valence-electron chi connectivity index (χ0n) is 12.6. The van der Waals surface area contributed by atoms with E-state index in [1.807, 2.05) is 6.92 Å². The van der Waals surface area contributed by atoms with Gasteiger partial charge in [0.05, 0.1) is 16.1 Å². The highest BCUT2D eigenvalue weighted by atomic mass is 32.1. The predicted octanol–water partition coefficient (Wildman–Crippen LogP) is 2.91. The van der Waals surface area contributed by atoms with Crippen LogP contribution in [0, 0.1) is 19.3 Å². The van der Waals surface area contributed by atoms with Crippen molar-refractivity contribution in [1.29, 1.82) is 0 Å². The van der Waals surface area contributed by atoms with E-state index in [1.165, 1.54) is 11.3 Å². The van der Waals surface area contributed by atoms with Crippen molar-refractivity contribution in [3.8, 4) is 0 Å². The average molecular weight is 310 g/mol. The lowest BCUT2D eigenvalue weighted by Gasteiger charge is -2.28. The molecule has 0 bridgehead atoms. The number of nitrogens with zero attached hydrogens (tertiary/aromatic N) is 1. The topological polar surface area (TPSA) is 79.3 Å². The van der Waals surface area contributed by atoms with Gasteiger partial charge in [-0.25, -0.2) is 4.98 Å². The Morgan fingerprint density at radius 3 is 2.33 bits per heavy atom. The number of nitrogens with one attached hydrogen (secondary N) is 1. The fourth-order valence-corrected chi connectivity index (χ4v) is 3.78. The molecule has 1 aromatic rings. The summed E-state index contributed by atoms with van der Waals surface area (Å²) in [5.41, 5.74) is -0.0972. The van der Waals surface area contributed by atoms with Gasteiger partial charge < -0.3 is 10.4 Å². The molecule has 6 heteroatoms. The first-order valence-corrected chi connectivity index (χ1v) is 8.22. The van der Waals surface area contributed by atoms with E-state index in [1.54, 1.807) is 6.92 Å². The second-order valence-corrected chi connectivity index (χ2v) is 7.03. The predicted molar refractivity (Wildman–Crippen MR) is 81.7 cm³/mol. The lowest BCUT2D eigenvalue weighted by atomic mass is 9.80. The normalized spacial score (nSPS) is 18.0. The molecule has 1 saturated carbocycles. The molecular weight excluding hydrogens is 288 g/mol. The van der Waals surface area contributed by atoms with Crippen LogP contribution in [0.25, 0.3) is 0 Å². The standard InChI is InChI=1S/C15H22N2O3S/c1-10-12(21-11(2)17-10)13(18)16-9-15(14(19)20)7-5-3-4-6-8-15/h3-9H2,1-2H3,(H,16,18)(H,19,20). The number of carbonyl (C=O) groups is 2. The lowest BCUT2D eigenvalue weighted by Crippen LogP contribution is -2.42. The SMILES string of the molecule is Cc1nc(C)c(C(=O)NCC2(C(=O)O)CCCCCC2)s1. The number of hydrogen-bond donors (Lipinski definition) is 2. The van der Waals surface area contributed by atoms with E-state index < -0.39 is 11.4 Å². The highest BCUT2D eigenvalue weighted by Crippen LogP contribution is 2.35. The molecule has 21 heavy (non-hydrogen) atoms. The quantitative estimate of drug-likeness (QED) is 0.838. The first kappa shape index (κ1) is 15.9. The van der Waals surface area contributed by atoms with Gasteiger partial charge in [-0.3, -0.25) is 9.59 Å². The van der Waals surface area contributed by atoms with E-state index in [0.29, 0.717) is 23.4 Å². The van der Waals surface area contributed by atoms with Crippen molar-refractivity contribution in [1.82, 2.24) is 10.3 Å². The van der Waals surface area contributed by atoms with Gasteiger partial charge in [-0.15, -0.1) is 11.3 Å². The van der Waals surface area contributed by atoms with Gasteiger partial charge >= 0.3 is 5.97 Å². The Balaban J connectivity index is 2.06. The Labute approximate surface area is 128 Å². The van der Waals surface area contributed by atoms with Gasteiger partial charge in [-0.05, 0) is 26.7 Å². The maximum Gasteiger partial charge on any atom is 0.311 e. The number of carboxylic acids is 1. The Morgan fingerprint density at radius 2 is 1.86 bits per heavy atom. The molecule has 5 nitrogen and oxygen atoms in total. The Hall–Kier alpha value is -1.43. The highest BCUT2D eigenvalue weighted by molar-refractivity contribution is 7.13. The van der Waals surface area contributed by atoms with Crippen molar-refractivity contribution in [2.75, 3.05) is 6.54 Å². The first-order chi connectivity index (χ1) is 9.94. The van der Waals surface area contributed by atoms with Crippen LogP contribution < -0.4 is 5.32 Å². The molecule has 1 aliphatic carbocycles. The van der Waals surface area contributed by atoms with Gasteiger partial charge in [-0.2, -0.15) is 0 Å². The van der Waals surface area contributed by atoms with Gasteiger partial charge in [-0.1, -0.05) is 25.7 Å². The minimum absolute atomic E-state index is 0.206. The summed E-state index contributed by atoms with van der Waals surface area (Å²) in [6.07, 6.45) is 5.28. The second kappa shape index (κ2) is 6.56. The monoisotopic (exact) mass is 310 g/mol. The molecule has 0 radical (unpaired) electrons. The number of amides is 1. The number of aromatic nitrogens is 1. The summed E-state index contributed by atoms with van der Waals surface area (Å²) in [4.78, 5) is 28.7. The van der Waals surface area contributed by atoms with Gasteiger partial charge in [0.15, 0.2) is 0 Å². The summed E-state index contributed by atoms with van der Waals surface area (Å²) in [6, 6.07) is 0. The van der Waals surface area contributed by atoms with Crippen molar-refractivity contribution in [2.24, 2.45) is 5.41 Å². The number of carbonyl (C=O) groups excluding carboxylic acids is 1. The number of rotatable bonds is 4. The fraction of sp³-hybridized carbons (Fsp3) is 0.667. The highest BCUT2D eigenvalue weighted by Gasteiger charge is 2.39. The summed E-state index contributed by atoms with van der Waals surface area (Å²) in [7, 11) is 0. The number of aliphatic carboxylic acids is 1. The number of carboxylic acid groups (broad SMARTS) is 1. The van der Waals surface area contributed by atoms with Gasteiger partial charge in [0.2, 0.25) is 0 Å². The van der Waals surface area contributed by atoms with Gasteiger partial charge in [0, 0.05) is 6.54 Å². The first-order valence-electron chi connectivity index (χ1n) is 7.40. The molecule has 0 atom stereocenters. The molecule has 0 aliphatic heterocycles. The summed E-state index contributed by atoms with van der Waals surface area (Å²) < 4.78 is 0. The van der Waals surface area contributed by atoms with Crippen LogP contribution in [0.1, 0.15) is 58.9 Å². The fourth-order valence-electron chi connectivity index (χ4n) is 2.94. The van der Waals surface area contributed by atoms with Crippen LogP contribution in [0.15, 0.2) is 0 Å². The van der Waals surface area contributed by atoms with E-state index >= 15 is 0 Å². The largest absolute Gasteiger partial charge is 0.481 e. The minimum Gasteiger partial charge on any atom is -0.481 e. The van der Waals surface area contributed by atoms with Crippen molar-refractivity contribution in [3.63, 3.8) is 0 Å². The van der Waals surface area contributed by atoms with Crippen molar-refractivity contribution < 1.29 is 14.7 Å². The molecule has 2 rings (SSSR count). The third-order valence-electron chi connectivity index (χ3n) is 4.21. The number of hydrogen-bond acceptors (Lipinski definition) is 4. The van der Waals surface area contributed by atoms with E-state index in [-0.39, 0.29) is 12.5 Å². The van der Waals surface area contributed by atoms with Crippen molar-refractivity contribution >= 4 is 23.2 Å². The van der Waals surface area contributed by atoms with Crippen molar-refractivity contribution in [2.45, 2.75) is 52.4 Å². The van der Waals surface area contributed by atoms with Crippen LogP contribution in [0.2, 0.25) is 0 Å². The Kier molecular flexibility index (Phi) is 4.98. The molecule has 1 amide bonds. The maximum absolute atomic E-state index is 12.2. The molecule has 1 aliphatic rings. The van der Waals surface area contributed by atoms with E-state index in [9.17, 15) is 14.7 Å². The zero-order chi connectivity index (χ0) is 15.5. The summed E-state index contributed by atoms with van der Waals surface area (Å²) in [6.45, 7) is 3.87. The molecular formula is C15H22N2O3S. The molecule has 0 saturated heterocycles.